The Morgan fingerprint density at radius 1 is 0.468 bits per heavy atom. The fourth-order valence-electron chi connectivity index (χ4n) is 9.08. The lowest BCUT2D eigenvalue weighted by Crippen LogP contribution is -2.41. The van der Waals surface area contributed by atoms with E-state index < -0.39 is 41.6 Å². The van der Waals surface area contributed by atoms with Crippen molar-refractivity contribution in [1.29, 1.82) is 0 Å². The first-order valence-corrected chi connectivity index (χ1v) is 29.0. The number of hydrogen-bond donors (Lipinski definition) is 6. The number of carbonyl (C=O) groups is 10. The zero-order valence-electron chi connectivity index (χ0n) is 46.6. The van der Waals surface area contributed by atoms with E-state index in [1.165, 1.54) is 64.2 Å². The molecule has 0 unspecified atom stereocenters. The Kier molecular flexibility index (Phi) is 43.3. The van der Waals surface area contributed by atoms with Crippen molar-refractivity contribution in [3.05, 3.63) is 0 Å². The van der Waals surface area contributed by atoms with Crippen molar-refractivity contribution >= 4 is 58.8 Å². The molecule has 0 aromatic rings. The summed E-state index contributed by atoms with van der Waals surface area (Å²) < 4.78 is 21.4. The van der Waals surface area contributed by atoms with E-state index in [1.54, 1.807) is 6.92 Å². The maximum atomic E-state index is 13.2. The van der Waals surface area contributed by atoms with Gasteiger partial charge in [-0.1, -0.05) is 96.8 Å². The van der Waals surface area contributed by atoms with Crippen LogP contribution in [0.4, 0.5) is 0 Å². The van der Waals surface area contributed by atoms with Crippen LogP contribution in [0.3, 0.4) is 0 Å². The number of ether oxygens (including phenoxy) is 4. The Morgan fingerprint density at radius 2 is 0.974 bits per heavy atom. The topological polar surface area (TPSA) is 304 Å². The summed E-state index contributed by atoms with van der Waals surface area (Å²) in [4.78, 5) is 121. The molecule has 0 saturated heterocycles. The Labute approximate surface area is 457 Å². The number of carboxylic acid groups (broad SMARTS) is 3. The molecule has 0 aromatic carbocycles. The van der Waals surface area contributed by atoms with Crippen LogP contribution in [0.15, 0.2) is 0 Å². The molecule has 1 fully saturated rings. The second-order valence-corrected chi connectivity index (χ2v) is 20.6. The first-order chi connectivity index (χ1) is 37.1. The molecule has 0 heterocycles. The second-order valence-electron chi connectivity index (χ2n) is 20.6. The Bertz CT molecular complexity index is 1700. The van der Waals surface area contributed by atoms with Gasteiger partial charge in [0.15, 0.2) is 17.3 Å². The van der Waals surface area contributed by atoms with Crippen LogP contribution >= 0.6 is 0 Å². The van der Waals surface area contributed by atoms with Crippen molar-refractivity contribution in [3.63, 3.8) is 0 Å². The van der Waals surface area contributed by atoms with Gasteiger partial charge >= 0.3 is 17.9 Å². The van der Waals surface area contributed by atoms with E-state index in [2.05, 4.69) is 16.0 Å². The average molecular weight is 1100 g/mol. The number of amides is 3. The third kappa shape index (κ3) is 42.0. The van der Waals surface area contributed by atoms with Crippen molar-refractivity contribution in [2.45, 2.75) is 218 Å². The highest BCUT2D eigenvalue weighted by Gasteiger charge is 2.31. The maximum Gasteiger partial charge on any atom is 0.306 e. The van der Waals surface area contributed by atoms with Crippen LogP contribution in [0.1, 0.15) is 212 Å². The number of Topliss-reactive ketones (excluding diaryl/α,β-unsaturated/α-hetero) is 4. The lowest BCUT2D eigenvalue weighted by atomic mass is 9.78. The predicted molar refractivity (Wildman–Crippen MR) is 288 cm³/mol. The van der Waals surface area contributed by atoms with Crippen molar-refractivity contribution in [2.24, 2.45) is 17.8 Å². The van der Waals surface area contributed by atoms with Gasteiger partial charge in [0.05, 0.1) is 44.9 Å². The molecular formula is C57H97N3O17. The monoisotopic (exact) mass is 1100 g/mol. The van der Waals surface area contributed by atoms with E-state index in [0.717, 1.165) is 51.4 Å². The van der Waals surface area contributed by atoms with Gasteiger partial charge in [-0.15, -0.1) is 0 Å². The molecule has 442 valence electrons. The molecular weight excluding hydrogens is 999 g/mol. The van der Waals surface area contributed by atoms with Gasteiger partial charge < -0.3 is 50.2 Å². The number of aliphatic carboxylic acids is 3. The molecule has 6 N–H and O–H groups in total. The molecule has 0 spiro atoms. The van der Waals surface area contributed by atoms with Crippen molar-refractivity contribution in [1.82, 2.24) is 16.0 Å². The molecule has 0 bridgehead atoms. The van der Waals surface area contributed by atoms with Gasteiger partial charge in [-0.2, -0.15) is 0 Å². The minimum absolute atomic E-state index is 0.0119. The minimum atomic E-state index is -1.20. The summed E-state index contributed by atoms with van der Waals surface area (Å²) in [6.45, 7) is 3.21. The highest BCUT2D eigenvalue weighted by Crippen LogP contribution is 2.31. The fraction of sp³-hybridized carbons (Fsp3) is 0.825. The first kappa shape index (κ1) is 70.4. The van der Waals surface area contributed by atoms with Crippen LogP contribution in [0.25, 0.3) is 0 Å². The summed E-state index contributed by atoms with van der Waals surface area (Å²) >= 11 is 0. The summed E-state index contributed by atoms with van der Waals surface area (Å²) in [7, 11) is 0. The molecule has 0 aliphatic heterocycles. The van der Waals surface area contributed by atoms with Gasteiger partial charge in [0, 0.05) is 77.0 Å². The van der Waals surface area contributed by atoms with Gasteiger partial charge in [-0.25, -0.2) is 0 Å². The number of unbranched alkanes of at least 4 members (excludes halogenated alkanes) is 15. The molecule has 2 atom stereocenters. The van der Waals surface area contributed by atoms with Crippen LogP contribution in [-0.2, 0) is 66.9 Å². The third-order valence-corrected chi connectivity index (χ3v) is 13.9. The van der Waals surface area contributed by atoms with Crippen molar-refractivity contribution < 1.29 is 82.2 Å². The van der Waals surface area contributed by atoms with Crippen molar-refractivity contribution in [2.75, 3.05) is 65.9 Å². The van der Waals surface area contributed by atoms with Gasteiger partial charge in [0.25, 0.3) is 0 Å². The quantitative estimate of drug-likeness (QED) is 0.0318. The lowest BCUT2D eigenvalue weighted by Gasteiger charge is -2.28. The van der Waals surface area contributed by atoms with E-state index in [1.807, 2.05) is 0 Å². The summed E-state index contributed by atoms with van der Waals surface area (Å²) in [5.74, 6) is -5.88. The van der Waals surface area contributed by atoms with E-state index >= 15 is 0 Å². The standard InChI is InChI=1S/C57H97N3O17/c1-2-47(61)41-59-54(67)43-77-38-36-74-33-19-21-48(62)42-76-37-35-75-34-20-22-50(63)49(30-32-56(70)71)60-53(66)31-29-46(57(72)73)39-51(64)45-27-25-44(26-28-45)40-58-52(65)23-17-15-13-11-9-7-5-3-4-6-8-10-12-14-16-18-24-55(68)69/h44-46,49H,2-43H2,1H3,(H,58,65)(H,59,67)(H,60,66)(H,68,69)(H,70,71)(H,72,73)/t44?,45?,46-,49+/m1/s1. The molecule has 1 aliphatic carbocycles. The number of hydrogen-bond acceptors (Lipinski definition) is 14. The highest BCUT2D eigenvalue weighted by molar-refractivity contribution is 5.90. The minimum Gasteiger partial charge on any atom is -0.481 e. The second kappa shape index (κ2) is 47.3. The Balaban J connectivity index is 2.19. The van der Waals surface area contributed by atoms with Gasteiger partial charge in [0.2, 0.25) is 17.7 Å². The van der Waals surface area contributed by atoms with Gasteiger partial charge in [-0.3, -0.25) is 47.9 Å². The zero-order valence-corrected chi connectivity index (χ0v) is 46.6. The molecule has 20 heteroatoms. The largest absolute Gasteiger partial charge is 0.481 e. The van der Waals surface area contributed by atoms with E-state index in [9.17, 15) is 58.2 Å². The summed E-state index contributed by atoms with van der Waals surface area (Å²) in [5.41, 5.74) is 0. The maximum absolute atomic E-state index is 13.2. The number of carboxylic acids is 3. The van der Waals surface area contributed by atoms with Crippen LogP contribution < -0.4 is 16.0 Å². The smallest absolute Gasteiger partial charge is 0.306 e. The summed E-state index contributed by atoms with van der Waals surface area (Å²) in [6.07, 6.45) is 22.2. The van der Waals surface area contributed by atoms with E-state index in [4.69, 9.17) is 24.1 Å². The molecule has 1 aliphatic rings. The number of carbonyl (C=O) groups excluding carboxylic acids is 7. The molecule has 1 rings (SSSR count). The third-order valence-electron chi connectivity index (χ3n) is 13.9. The molecule has 0 aromatic heterocycles. The van der Waals surface area contributed by atoms with Gasteiger partial charge in [0.1, 0.15) is 19.0 Å². The van der Waals surface area contributed by atoms with E-state index in [-0.39, 0.29) is 152 Å². The summed E-state index contributed by atoms with van der Waals surface area (Å²) in [6, 6.07) is -1.09. The predicted octanol–water partition coefficient (Wildman–Crippen LogP) is 7.67. The van der Waals surface area contributed by atoms with Gasteiger partial charge in [-0.05, 0) is 70.1 Å². The zero-order chi connectivity index (χ0) is 56.7. The molecule has 20 nitrogen and oxygen atoms in total. The average Bonchev–Trinajstić information content (AvgIpc) is 3.40. The van der Waals surface area contributed by atoms with E-state index in [0.29, 0.717) is 45.3 Å². The van der Waals surface area contributed by atoms with Crippen LogP contribution in [0.2, 0.25) is 0 Å². The highest BCUT2D eigenvalue weighted by atomic mass is 16.5. The first-order valence-electron chi connectivity index (χ1n) is 29.0. The Morgan fingerprint density at radius 3 is 1.51 bits per heavy atom. The lowest BCUT2D eigenvalue weighted by molar-refractivity contribution is -0.145. The van der Waals surface area contributed by atoms with Crippen molar-refractivity contribution in [3.8, 4) is 0 Å². The van der Waals surface area contributed by atoms with Crippen LogP contribution in [0, 0.1) is 17.8 Å². The van der Waals surface area contributed by atoms with Crippen LogP contribution in [-0.4, -0.2) is 146 Å². The summed E-state index contributed by atoms with van der Waals surface area (Å²) in [5, 5.41) is 35.9. The molecule has 0 radical (unpaired) electrons. The fourth-order valence-corrected chi connectivity index (χ4v) is 9.08. The number of nitrogens with one attached hydrogen (secondary N) is 3. The number of rotatable bonds is 54. The SMILES string of the molecule is CCC(=O)CNC(=O)COCCOCCCC(=O)COCCOCCCC(=O)[C@H](CCC(=O)O)NC(=O)CC[C@H](CC(=O)C1CCC(CNC(=O)CCCCCCCCCCCCCCCCCCC(=O)O)CC1)C(=O)O. The normalized spacial score (nSPS) is 15.0. The molecule has 1 saturated carbocycles. The molecule has 77 heavy (non-hydrogen) atoms. The molecule has 3 amide bonds. The number of ketones is 4. The Hall–Kier alpha value is -4.66. The van der Waals surface area contributed by atoms with Crippen LogP contribution in [0.5, 0.6) is 0 Å².